The zero-order chi connectivity index (χ0) is 49.6. The molecule has 19 heteroatoms. The van der Waals surface area contributed by atoms with E-state index in [-0.39, 0.29) is 91.6 Å². The highest BCUT2D eigenvalue weighted by Crippen LogP contribution is 2.53. The molecular weight excluding hydrogens is 969 g/mol. The number of rotatable bonds is 19. The maximum atomic E-state index is 15.9. The summed E-state index contributed by atoms with van der Waals surface area (Å²) in [5.74, 6) is -2.12. The topological polar surface area (TPSA) is 165 Å². The number of halogens is 5. The van der Waals surface area contributed by atoms with Crippen molar-refractivity contribution in [3.05, 3.63) is 132 Å². The standard InChI is InChI=1S/C50H55Cl3F2N8O5S/c1-28-29(2)69-48-41(28)44(31-10-12-32(51)13-11-31)59-38(46-62-61-30(3)63(46)48)25-40(64)57-16-18-66-20-22-68-23-21-67-19-17-58-47(65)45-42(34-8-7-9-36(53)43(34)55)50(27-56,39(60-45)26-49(4,5)6)35-15-14-33(52)24-37(35)54/h7-15,24,38-39,42,45,60H,16-23,25-26H2,1-6H3,(H,57,64)(H,58,65)/t38-,39?,42?,45+,50-/m0/s1. The lowest BCUT2D eigenvalue weighted by Gasteiger charge is -2.37. The van der Waals surface area contributed by atoms with Gasteiger partial charge in [0.05, 0.1) is 68.9 Å². The van der Waals surface area contributed by atoms with Gasteiger partial charge < -0.3 is 30.2 Å². The monoisotopic (exact) mass is 1020 g/mol. The molecule has 1 fully saturated rings. The molecule has 69 heavy (non-hydrogen) atoms. The van der Waals surface area contributed by atoms with Gasteiger partial charge in [0.2, 0.25) is 11.8 Å². The third kappa shape index (κ3) is 11.5. The molecule has 5 aromatic rings. The Hall–Kier alpha value is -4.83. The van der Waals surface area contributed by atoms with E-state index >= 15 is 8.78 Å². The Bertz CT molecular complexity index is 2740. The Kier molecular flexibility index (Phi) is 17.0. The lowest BCUT2D eigenvalue weighted by Crippen LogP contribution is -2.46. The molecule has 7 rings (SSSR count). The van der Waals surface area contributed by atoms with Crippen LogP contribution in [0.2, 0.25) is 15.1 Å². The number of ether oxygens (including phenoxy) is 3. The molecule has 0 bridgehead atoms. The number of aryl methyl sites for hydroxylation is 2. The number of nitrogens with zero attached hydrogens (tertiary/aromatic N) is 5. The number of aliphatic imine (C=N–C) groups is 1. The minimum Gasteiger partial charge on any atom is -0.377 e. The van der Waals surface area contributed by atoms with Gasteiger partial charge in [0.15, 0.2) is 5.82 Å². The molecule has 2 unspecified atom stereocenters. The second-order valence-electron chi connectivity index (χ2n) is 18.3. The van der Waals surface area contributed by atoms with Crippen molar-refractivity contribution in [2.24, 2.45) is 10.4 Å². The van der Waals surface area contributed by atoms with Crippen molar-refractivity contribution in [2.45, 2.75) is 83.8 Å². The summed E-state index contributed by atoms with van der Waals surface area (Å²) < 4.78 is 50.9. The first-order valence-electron chi connectivity index (χ1n) is 22.7. The van der Waals surface area contributed by atoms with Crippen molar-refractivity contribution < 1.29 is 32.6 Å². The Balaban J connectivity index is 0.857. The first kappa shape index (κ1) is 52.0. The van der Waals surface area contributed by atoms with Crippen LogP contribution in [0.5, 0.6) is 0 Å². The average molecular weight is 1020 g/mol. The molecule has 0 spiro atoms. The van der Waals surface area contributed by atoms with E-state index in [0.717, 1.165) is 38.3 Å². The van der Waals surface area contributed by atoms with Crippen LogP contribution in [0.3, 0.4) is 0 Å². The smallest absolute Gasteiger partial charge is 0.237 e. The van der Waals surface area contributed by atoms with E-state index in [1.54, 1.807) is 17.4 Å². The minimum absolute atomic E-state index is 0.00287. The van der Waals surface area contributed by atoms with Gasteiger partial charge in [0.1, 0.15) is 33.9 Å². The fraction of sp³-hybridized carbons (Fsp3) is 0.440. The minimum atomic E-state index is -1.73. The van der Waals surface area contributed by atoms with E-state index in [1.807, 2.05) is 56.5 Å². The number of carbonyl (C=O) groups is 2. The second-order valence-corrected chi connectivity index (χ2v) is 20.8. The average Bonchev–Trinajstić information content (AvgIpc) is 3.90. The number of amides is 2. The Labute approximate surface area is 419 Å². The van der Waals surface area contributed by atoms with Crippen LogP contribution in [0, 0.1) is 49.2 Å². The van der Waals surface area contributed by atoms with Gasteiger partial charge in [-0.1, -0.05) is 85.9 Å². The SMILES string of the molecule is Cc1sc2c(c1C)C(c1ccc(Cl)cc1)=N[C@@H](CC(=O)NCCOCCOCCOCCNC(=O)[C@@H]1NC(CC(C)(C)C)[C@](C#N)(c3ccc(Cl)cc3F)C1c1cccc(Cl)c1F)c1nnc(C)n1-2. The molecule has 0 radical (unpaired) electrons. The van der Waals surface area contributed by atoms with Crippen molar-refractivity contribution >= 4 is 63.7 Å². The van der Waals surface area contributed by atoms with Crippen LogP contribution in [0.25, 0.3) is 5.00 Å². The quantitative estimate of drug-likeness (QED) is 0.0685. The Morgan fingerprint density at radius 3 is 2.20 bits per heavy atom. The van der Waals surface area contributed by atoms with Crippen molar-refractivity contribution in [1.82, 2.24) is 30.7 Å². The van der Waals surface area contributed by atoms with Crippen molar-refractivity contribution in [3.8, 4) is 11.1 Å². The van der Waals surface area contributed by atoms with Crippen molar-refractivity contribution in [1.29, 1.82) is 5.26 Å². The summed E-state index contributed by atoms with van der Waals surface area (Å²) in [5, 5.41) is 30.5. The van der Waals surface area contributed by atoms with Crippen LogP contribution in [-0.4, -0.2) is 97.1 Å². The molecule has 5 atom stereocenters. The van der Waals surface area contributed by atoms with Crippen molar-refractivity contribution in [2.75, 3.05) is 52.7 Å². The predicted molar refractivity (Wildman–Crippen MR) is 264 cm³/mol. The number of benzene rings is 3. The van der Waals surface area contributed by atoms with E-state index in [4.69, 9.17) is 54.0 Å². The summed E-state index contributed by atoms with van der Waals surface area (Å²) >= 11 is 20.3. The van der Waals surface area contributed by atoms with Gasteiger partial charge in [-0.15, -0.1) is 21.5 Å². The fourth-order valence-corrected chi connectivity index (χ4v) is 10.8. The van der Waals surface area contributed by atoms with Crippen LogP contribution in [0.15, 0.2) is 65.7 Å². The molecule has 1 saturated heterocycles. The largest absolute Gasteiger partial charge is 0.377 e. The number of hydrogen-bond acceptors (Lipinski definition) is 11. The van der Waals surface area contributed by atoms with Gasteiger partial charge in [-0.3, -0.25) is 19.1 Å². The van der Waals surface area contributed by atoms with Gasteiger partial charge >= 0.3 is 0 Å². The van der Waals surface area contributed by atoms with E-state index in [1.165, 1.54) is 24.3 Å². The van der Waals surface area contributed by atoms with Gasteiger partial charge in [0.25, 0.3) is 0 Å². The molecule has 3 N–H and O–H groups in total. The maximum absolute atomic E-state index is 15.9. The molecule has 2 aromatic heterocycles. The number of nitriles is 1. The van der Waals surface area contributed by atoms with E-state index in [2.05, 4.69) is 46.1 Å². The molecule has 366 valence electrons. The summed E-state index contributed by atoms with van der Waals surface area (Å²) in [6, 6.07) is 15.8. The van der Waals surface area contributed by atoms with Gasteiger partial charge in [-0.2, -0.15) is 5.26 Å². The van der Waals surface area contributed by atoms with E-state index in [0.29, 0.717) is 23.1 Å². The molecule has 0 aliphatic carbocycles. The van der Waals surface area contributed by atoms with Crippen LogP contribution >= 0.6 is 46.1 Å². The summed E-state index contributed by atoms with van der Waals surface area (Å²) in [6.07, 6.45) is 0.407. The maximum Gasteiger partial charge on any atom is 0.237 e. The molecule has 2 aliphatic rings. The summed E-state index contributed by atoms with van der Waals surface area (Å²) in [4.78, 5) is 33.6. The van der Waals surface area contributed by atoms with Gasteiger partial charge in [0, 0.05) is 56.7 Å². The molecule has 3 aromatic carbocycles. The second kappa shape index (κ2) is 22.5. The molecule has 2 amide bonds. The number of aromatic nitrogens is 3. The Morgan fingerprint density at radius 2 is 1.55 bits per heavy atom. The summed E-state index contributed by atoms with van der Waals surface area (Å²) in [5.41, 5.74) is 1.68. The highest BCUT2D eigenvalue weighted by atomic mass is 35.5. The number of carbonyl (C=O) groups excluding carboxylic acids is 2. The van der Waals surface area contributed by atoms with Crippen LogP contribution in [0.1, 0.15) is 89.9 Å². The van der Waals surface area contributed by atoms with Gasteiger partial charge in [-0.05, 0) is 74.1 Å². The predicted octanol–water partition coefficient (Wildman–Crippen LogP) is 9.08. The number of nitrogens with one attached hydrogen (secondary N) is 3. The van der Waals surface area contributed by atoms with Gasteiger partial charge in [-0.25, -0.2) is 8.78 Å². The third-order valence-electron chi connectivity index (χ3n) is 12.3. The fourth-order valence-electron chi connectivity index (χ4n) is 9.10. The first-order valence-corrected chi connectivity index (χ1v) is 24.6. The third-order valence-corrected chi connectivity index (χ3v) is 14.3. The van der Waals surface area contributed by atoms with Crippen LogP contribution in [-0.2, 0) is 29.2 Å². The molecular formula is C50H55Cl3F2N8O5S. The molecule has 0 saturated carbocycles. The van der Waals surface area contributed by atoms with Crippen molar-refractivity contribution in [3.63, 3.8) is 0 Å². The van der Waals surface area contributed by atoms with Crippen LogP contribution in [0.4, 0.5) is 8.78 Å². The van der Waals surface area contributed by atoms with E-state index < -0.39 is 47.0 Å². The number of fused-ring (bicyclic) bond motifs is 3. The first-order chi connectivity index (χ1) is 32.9. The number of thiophene rings is 1. The lowest BCUT2D eigenvalue weighted by molar-refractivity contribution is -0.123. The molecule has 2 aliphatic heterocycles. The Morgan fingerprint density at radius 1 is 0.899 bits per heavy atom. The lowest BCUT2D eigenvalue weighted by atomic mass is 9.62. The van der Waals surface area contributed by atoms with Crippen LogP contribution < -0.4 is 16.0 Å². The normalized spacial score (nSPS) is 19.9. The zero-order valence-corrected chi connectivity index (χ0v) is 42.3. The highest BCUT2D eigenvalue weighted by molar-refractivity contribution is 7.15. The molecule has 13 nitrogen and oxygen atoms in total. The molecule has 4 heterocycles. The zero-order valence-electron chi connectivity index (χ0n) is 39.2. The highest BCUT2D eigenvalue weighted by Gasteiger charge is 2.61. The summed E-state index contributed by atoms with van der Waals surface area (Å²) in [6.45, 7) is 13.8. The number of hydrogen-bond donors (Lipinski definition) is 3. The summed E-state index contributed by atoms with van der Waals surface area (Å²) in [7, 11) is 0. The van der Waals surface area contributed by atoms with E-state index in [9.17, 15) is 14.9 Å².